The van der Waals surface area contributed by atoms with Crippen LogP contribution in [0.15, 0.2) is 35.4 Å². The molecule has 0 aliphatic heterocycles. The molecule has 0 radical (unpaired) electrons. The van der Waals surface area contributed by atoms with Crippen LogP contribution in [0.25, 0.3) is 0 Å². The van der Waals surface area contributed by atoms with Crippen LogP contribution in [0.1, 0.15) is 0 Å². The average molecular weight is 283 g/mol. The molecule has 1 aromatic carbocycles. The van der Waals surface area contributed by atoms with Gasteiger partial charge in [0.2, 0.25) is 11.8 Å². The number of hydrogen-bond donors (Lipinski definition) is 1. The number of nitrogens with zero attached hydrogens (tertiary/aromatic N) is 2. The van der Waals surface area contributed by atoms with Gasteiger partial charge >= 0.3 is 0 Å². The fourth-order valence-electron chi connectivity index (χ4n) is 1.30. The van der Waals surface area contributed by atoms with Gasteiger partial charge in [-0.05, 0) is 24.3 Å². The first-order valence-electron chi connectivity index (χ1n) is 5.12. The molecule has 0 atom stereocenters. The number of nitrogens with two attached hydrogens (primary N) is 1. The maximum Gasteiger partial charge on any atom is 0.260 e. The highest BCUT2D eigenvalue weighted by atomic mass is 32.2. The lowest BCUT2D eigenvalue weighted by atomic mass is 10.3. The van der Waals surface area contributed by atoms with E-state index in [1.807, 2.05) is 0 Å². The summed E-state index contributed by atoms with van der Waals surface area (Å²) in [6.45, 7) is 0. The van der Waals surface area contributed by atoms with Gasteiger partial charge in [-0.2, -0.15) is 9.37 Å². The highest BCUT2D eigenvalue weighted by Crippen LogP contribution is 2.23. The van der Waals surface area contributed by atoms with E-state index < -0.39 is 15.7 Å². The summed E-state index contributed by atoms with van der Waals surface area (Å²) in [4.78, 5) is 7.19. The molecule has 8 heteroatoms. The molecule has 0 spiro atoms. The van der Waals surface area contributed by atoms with E-state index in [9.17, 15) is 12.8 Å². The summed E-state index contributed by atoms with van der Waals surface area (Å²) in [6, 6.07) is 5.50. The second kappa shape index (κ2) is 4.81. The van der Waals surface area contributed by atoms with E-state index in [2.05, 4.69) is 9.97 Å². The Kier molecular flexibility index (Phi) is 3.34. The number of sulfone groups is 1. The molecule has 0 unspecified atom stereocenters. The molecule has 0 bridgehead atoms. The van der Waals surface area contributed by atoms with Crippen molar-refractivity contribution < 1.29 is 17.5 Å². The molecule has 19 heavy (non-hydrogen) atoms. The zero-order chi connectivity index (χ0) is 14.0. The minimum atomic E-state index is -3.28. The standard InChI is InChI=1S/C11H10FN3O3S/c1-19(16,17)8-4-2-7(3-5-8)18-10-9(12)6-14-11(13)15-10/h2-6H,1H3,(H2,13,14,15). The van der Waals surface area contributed by atoms with Gasteiger partial charge in [-0.3, -0.25) is 0 Å². The fraction of sp³-hybridized carbons (Fsp3) is 0.0909. The molecule has 0 aliphatic rings. The first kappa shape index (κ1) is 13.2. The van der Waals surface area contributed by atoms with E-state index in [4.69, 9.17) is 10.5 Å². The molecule has 1 heterocycles. The number of ether oxygens (including phenoxy) is 1. The lowest BCUT2D eigenvalue weighted by Crippen LogP contribution is -2.00. The quantitative estimate of drug-likeness (QED) is 0.914. The van der Waals surface area contributed by atoms with Crippen LogP contribution in [0, 0.1) is 5.82 Å². The topological polar surface area (TPSA) is 95.2 Å². The second-order valence-electron chi connectivity index (χ2n) is 3.73. The van der Waals surface area contributed by atoms with Crippen molar-refractivity contribution in [3.05, 3.63) is 36.3 Å². The van der Waals surface area contributed by atoms with E-state index >= 15 is 0 Å². The lowest BCUT2D eigenvalue weighted by Gasteiger charge is -2.06. The third-order valence-corrected chi connectivity index (χ3v) is 3.33. The number of benzene rings is 1. The van der Waals surface area contributed by atoms with Gasteiger partial charge in [0.25, 0.3) is 5.88 Å². The Hall–Kier alpha value is -2.22. The predicted octanol–water partition coefficient (Wildman–Crippen LogP) is 1.39. The summed E-state index contributed by atoms with van der Waals surface area (Å²) in [5.41, 5.74) is 5.31. The van der Waals surface area contributed by atoms with Crippen molar-refractivity contribution in [1.29, 1.82) is 0 Å². The molecule has 0 amide bonds. The third-order valence-electron chi connectivity index (χ3n) is 2.20. The van der Waals surface area contributed by atoms with Crippen LogP contribution < -0.4 is 10.5 Å². The predicted molar refractivity (Wildman–Crippen MR) is 66.0 cm³/mol. The Balaban J connectivity index is 2.27. The number of hydrogen-bond acceptors (Lipinski definition) is 6. The number of rotatable bonds is 3. The zero-order valence-electron chi connectivity index (χ0n) is 9.87. The molecular formula is C11H10FN3O3S. The monoisotopic (exact) mass is 283 g/mol. The third kappa shape index (κ3) is 3.16. The second-order valence-corrected chi connectivity index (χ2v) is 5.74. The van der Waals surface area contributed by atoms with Gasteiger partial charge < -0.3 is 10.5 Å². The van der Waals surface area contributed by atoms with Gasteiger partial charge in [-0.15, -0.1) is 0 Å². The van der Waals surface area contributed by atoms with Crippen molar-refractivity contribution in [1.82, 2.24) is 9.97 Å². The summed E-state index contributed by atoms with van der Waals surface area (Å²) < 4.78 is 41.0. The Morgan fingerprint density at radius 2 is 1.89 bits per heavy atom. The van der Waals surface area contributed by atoms with Crippen LogP contribution in [0.3, 0.4) is 0 Å². The molecule has 0 aliphatic carbocycles. The maximum absolute atomic E-state index is 13.3. The molecule has 0 saturated heterocycles. The first-order chi connectivity index (χ1) is 8.86. The highest BCUT2D eigenvalue weighted by Gasteiger charge is 2.10. The van der Waals surface area contributed by atoms with Gasteiger partial charge in [0.1, 0.15) is 5.75 Å². The van der Waals surface area contributed by atoms with Crippen LogP contribution in [-0.4, -0.2) is 24.6 Å². The van der Waals surface area contributed by atoms with Crippen molar-refractivity contribution in [2.24, 2.45) is 0 Å². The number of anilines is 1. The molecule has 0 fully saturated rings. The molecule has 2 aromatic rings. The van der Waals surface area contributed by atoms with Crippen molar-refractivity contribution in [2.75, 3.05) is 12.0 Å². The fourth-order valence-corrected chi connectivity index (χ4v) is 1.93. The van der Waals surface area contributed by atoms with E-state index in [0.29, 0.717) is 0 Å². The maximum atomic E-state index is 13.3. The molecule has 0 saturated carbocycles. The molecule has 1 aromatic heterocycles. The van der Waals surface area contributed by atoms with Crippen LogP contribution in [-0.2, 0) is 9.84 Å². The molecule has 2 N–H and O–H groups in total. The first-order valence-corrected chi connectivity index (χ1v) is 7.01. The Morgan fingerprint density at radius 1 is 1.26 bits per heavy atom. The Bertz CT molecular complexity index is 702. The Morgan fingerprint density at radius 3 is 2.47 bits per heavy atom. The Labute approximate surface area is 109 Å². The normalized spacial score (nSPS) is 11.3. The van der Waals surface area contributed by atoms with Gasteiger partial charge in [0.15, 0.2) is 9.84 Å². The van der Waals surface area contributed by atoms with E-state index in [-0.39, 0.29) is 22.5 Å². The lowest BCUT2D eigenvalue weighted by molar-refractivity contribution is 0.420. The largest absolute Gasteiger partial charge is 0.436 e. The van der Waals surface area contributed by atoms with Gasteiger partial charge in [-0.25, -0.2) is 13.4 Å². The molecule has 2 rings (SSSR count). The summed E-state index contributed by atoms with van der Waals surface area (Å²) in [5.74, 6) is -0.963. The van der Waals surface area contributed by atoms with E-state index in [1.54, 1.807) is 0 Å². The van der Waals surface area contributed by atoms with Crippen molar-refractivity contribution in [3.63, 3.8) is 0 Å². The van der Waals surface area contributed by atoms with Gasteiger partial charge in [-0.1, -0.05) is 0 Å². The number of nitrogen functional groups attached to an aromatic ring is 1. The zero-order valence-corrected chi connectivity index (χ0v) is 10.7. The van der Waals surface area contributed by atoms with Crippen LogP contribution in [0.2, 0.25) is 0 Å². The molecule has 100 valence electrons. The highest BCUT2D eigenvalue weighted by molar-refractivity contribution is 7.90. The minimum Gasteiger partial charge on any atom is -0.436 e. The summed E-state index contributed by atoms with van der Waals surface area (Å²) >= 11 is 0. The van der Waals surface area contributed by atoms with E-state index in [1.165, 1.54) is 24.3 Å². The van der Waals surface area contributed by atoms with Crippen LogP contribution in [0.5, 0.6) is 11.6 Å². The number of aromatic nitrogens is 2. The molecular weight excluding hydrogens is 273 g/mol. The van der Waals surface area contributed by atoms with Gasteiger partial charge in [0.05, 0.1) is 11.1 Å². The van der Waals surface area contributed by atoms with Crippen LogP contribution >= 0.6 is 0 Å². The summed E-state index contributed by atoms with van der Waals surface area (Å²) in [6.07, 6.45) is 1.98. The average Bonchev–Trinajstić information content (AvgIpc) is 2.33. The molecule has 6 nitrogen and oxygen atoms in total. The smallest absolute Gasteiger partial charge is 0.260 e. The van der Waals surface area contributed by atoms with Crippen LogP contribution in [0.4, 0.5) is 10.3 Å². The van der Waals surface area contributed by atoms with Crippen molar-refractivity contribution >= 4 is 15.8 Å². The van der Waals surface area contributed by atoms with Crippen molar-refractivity contribution in [2.45, 2.75) is 4.90 Å². The summed E-state index contributed by atoms with van der Waals surface area (Å²) in [5, 5.41) is 0. The SMILES string of the molecule is CS(=O)(=O)c1ccc(Oc2nc(N)ncc2F)cc1. The minimum absolute atomic E-state index is 0.121. The number of halogens is 1. The summed E-state index contributed by atoms with van der Waals surface area (Å²) in [7, 11) is -3.28. The van der Waals surface area contributed by atoms with Crippen molar-refractivity contribution in [3.8, 4) is 11.6 Å². The van der Waals surface area contributed by atoms with Gasteiger partial charge in [0, 0.05) is 6.26 Å². The van der Waals surface area contributed by atoms with E-state index in [0.717, 1.165) is 12.5 Å².